The zero-order chi connectivity index (χ0) is 11.1. The molecule has 0 spiro atoms. The third-order valence-corrected chi connectivity index (χ3v) is 3.01. The molecule has 0 aliphatic rings. The zero-order valence-corrected chi connectivity index (χ0v) is 9.59. The molecule has 0 unspecified atom stereocenters. The summed E-state index contributed by atoms with van der Waals surface area (Å²) >= 11 is 1.59. The number of amides is 1. The molecule has 0 saturated carbocycles. The number of carbonyl (C=O) groups is 1. The van der Waals surface area contributed by atoms with Crippen molar-refractivity contribution in [2.45, 2.75) is 19.8 Å². The van der Waals surface area contributed by atoms with E-state index in [-0.39, 0.29) is 5.91 Å². The van der Waals surface area contributed by atoms with E-state index in [0.29, 0.717) is 25.9 Å². The standard InChI is InChI=1S/C11H14N2OS/c1-2-13(7-4-6-12)11(14)9-10-5-3-8-15-10/h3,5,8H,2,4,7,9H2,1H3. The number of rotatable bonds is 5. The minimum Gasteiger partial charge on any atom is -0.342 e. The summed E-state index contributed by atoms with van der Waals surface area (Å²) in [5, 5.41) is 10.4. The van der Waals surface area contributed by atoms with Crippen LogP contribution in [-0.4, -0.2) is 23.9 Å². The molecule has 0 aliphatic heterocycles. The summed E-state index contributed by atoms with van der Waals surface area (Å²) in [6.45, 7) is 3.15. The highest BCUT2D eigenvalue weighted by Gasteiger charge is 2.11. The van der Waals surface area contributed by atoms with Gasteiger partial charge in [-0.2, -0.15) is 5.26 Å². The lowest BCUT2D eigenvalue weighted by molar-refractivity contribution is -0.130. The Balaban J connectivity index is 2.47. The third-order valence-electron chi connectivity index (χ3n) is 2.13. The normalized spacial score (nSPS) is 9.60. The molecule has 1 amide bonds. The number of hydrogen-bond donors (Lipinski definition) is 0. The monoisotopic (exact) mass is 222 g/mol. The van der Waals surface area contributed by atoms with Gasteiger partial charge in [-0.1, -0.05) is 6.07 Å². The molecule has 80 valence electrons. The molecule has 1 aromatic heterocycles. The lowest BCUT2D eigenvalue weighted by Crippen LogP contribution is -2.32. The van der Waals surface area contributed by atoms with Crippen LogP contribution in [0.1, 0.15) is 18.2 Å². The molecule has 1 heterocycles. The Kier molecular flexibility index (Phi) is 4.85. The van der Waals surface area contributed by atoms with Crippen LogP contribution in [0.3, 0.4) is 0 Å². The Morgan fingerprint density at radius 3 is 3.00 bits per heavy atom. The van der Waals surface area contributed by atoms with Crippen molar-refractivity contribution >= 4 is 17.2 Å². The van der Waals surface area contributed by atoms with Crippen LogP contribution in [0.15, 0.2) is 17.5 Å². The summed E-state index contributed by atoms with van der Waals surface area (Å²) in [5.41, 5.74) is 0. The summed E-state index contributed by atoms with van der Waals surface area (Å²) in [7, 11) is 0. The van der Waals surface area contributed by atoms with Crippen LogP contribution in [0.4, 0.5) is 0 Å². The fraction of sp³-hybridized carbons (Fsp3) is 0.455. The molecule has 0 saturated heterocycles. The lowest BCUT2D eigenvalue weighted by atomic mass is 10.3. The predicted octanol–water partition coefficient (Wildman–Crippen LogP) is 2.05. The lowest BCUT2D eigenvalue weighted by Gasteiger charge is -2.18. The van der Waals surface area contributed by atoms with Crippen LogP contribution in [0.5, 0.6) is 0 Å². The molecule has 0 bridgehead atoms. The highest BCUT2D eigenvalue weighted by molar-refractivity contribution is 7.10. The van der Waals surface area contributed by atoms with Crippen molar-refractivity contribution in [3.05, 3.63) is 22.4 Å². The Labute approximate surface area is 93.9 Å². The molecule has 0 radical (unpaired) electrons. The van der Waals surface area contributed by atoms with Crippen molar-refractivity contribution in [3.63, 3.8) is 0 Å². The van der Waals surface area contributed by atoms with Crippen molar-refractivity contribution in [1.29, 1.82) is 5.26 Å². The Hall–Kier alpha value is -1.34. The van der Waals surface area contributed by atoms with Crippen LogP contribution in [-0.2, 0) is 11.2 Å². The summed E-state index contributed by atoms with van der Waals surface area (Å²) in [6.07, 6.45) is 0.862. The fourth-order valence-electron chi connectivity index (χ4n) is 1.32. The number of likely N-dealkylation sites (N-methyl/N-ethyl adjacent to an activating group) is 1. The minimum atomic E-state index is 0.107. The van der Waals surface area contributed by atoms with E-state index in [1.54, 1.807) is 16.2 Å². The van der Waals surface area contributed by atoms with Gasteiger partial charge in [-0.3, -0.25) is 4.79 Å². The van der Waals surface area contributed by atoms with Crippen molar-refractivity contribution in [2.24, 2.45) is 0 Å². The van der Waals surface area contributed by atoms with Gasteiger partial charge in [-0.15, -0.1) is 11.3 Å². The quantitative estimate of drug-likeness (QED) is 0.765. The van der Waals surface area contributed by atoms with Crippen LogP contribution in [0, 0.1) is 11.3 Å². The SMILES string of the molecule is CCN(CCC#N)C(=O)Cc1cccs1. The molecule has 1 rings (SSSR count). The first-order chi connectivity index (χ1) is 7.27. The van der Waals surface area contributed by atoms with Gasteiger partial charge in [-0.05, 0) is 18.4 Å². The van der Waals surface area contributed by atoms with Gasteiger partial charge in [0, 0.05) is 18.0 Å². The van der Waals surface area contributed by atoms with E-state index in [9.17, 15) is 4.79 Å². The van der Waals surface area contributed by atoms with Crippen LogP contribution < -0.4 is 0 Å². The molecule has 0 aromatic carbocycles. The van der Waals surface area contributed by atoms with Gasteiger partial charge in [0.05, 0.1) is 18.9 Å². The van der Waals surface area contributed by atoms with Crippen LogP contribution in [0.2, 0.25) is 0 Å². The van der Waals surface area contributed by atoms with Gasteiger partial charge in [-0.25, -0.2) is 0 Å². The Morgan fingerprint density at radius 1 is 1.67 bits per heavy atom. The molecular weight excluding hydrogens is 208 g/mol. The van der Waals surface area contributed by atoms with Gasteiger partial charge < -0.3 is 4.90 Å². The Morgan fingerprint density at radius 2 is 2.47 bits per heavy atom. The molecule has 0 N–H and O–H groups in total. The first-order valence-electron chi connectivity index (χ1n) is 4.95. The number of hydrogen-bond acceptors (Lipinski definition) is 3. The van der Waals surface area contributed by atoms with Gasteiger partial charge in [0.2, 0.25) is 5.91 Å². The maximum Gasteiger partial charge on any atom is 0.227 e. The van der Waals surface area contributed by atoms with E-state index < -0.39 is 0 Å². The zero-order valence-electron chi connectivity index (χ0n) is 8.77. The van der Waals surface area contributed by atoms with Crippen molar-refractivity contribution in [3.8, 4) is 6.07 Å². The third kappa shape index (κ3) is 3.72. The maximum atomic E-state index is 11.8. The second-order valence-electron chi connectivity index (χ2n) is 3.14. The number of nitrogens with zero attached hydrogens (tertiary/aromatic N) is 2. The van der Waals surface area contributed by atoms with E-state index >= 15 is 0 Å². The van der Waals surface area contributed by atoms with Gasteiger partial charge in [0.25, 0.3) is 0 Å². The van der Waals surface area contributed by atoms with Crippen molar-refractivity contribution < 1.29 is 4.79 Å². The molecular formula is C11H14N2OS. The molecule has 4 heteroatoms. The first kappa shape index (κ1) is 11.7. The van der Waals surface area contributed by atoms with Gasteiger partial charge in [0.15, 0.2) is 0 Å². The first-order valence-corrected chi connectivity index (χ1v) is 5.83. The molecule has 3 nitrogen and oxygen atoms in total. The summed E-state index contributed by atoms with van der Waals surface area (Å²) in [4.78, 5) is 14.6. The smallest absolute Gasteiger partial charge is 0.227 e. The van der Waals surface area contributed by atoms with Crippen molar-refractivity contribution in [1.82, 2.24) is 4.90 Å². The topological polar surface area (TPSA) is 44.1 Å². The van der Waals surface area contributed by atoms with Crippen LogP contribution in [0.25, 0.3) is 0 Å². The summed E-state index contributed by atoms with van der Waals surface area (Å²) in [5.74, 6) is 0.107. The number of thiophene rings is 1. The summed E-state index contributed by atoms with van der Waals surface area (Å²) < 4.78 is 0. The van der Waals surface area contributed by atoms with E-state index in [2.05, 4.69) is 6.07 Å². The van der Waals surface area contributed by atoms with E-state index in [1.807, 2.05) is 24.4 Å². The maximum absolute atomic E-state index is 11.8. The average molecular weight is 222 g/mol. The molecule has 0 fully saturated rings. The molecule has 0 atom stereocenters. The van der Waals surface area contributed by atoms with E-state index in [0.717, 1.165) is 4.88 Å². The minimum absolute atomic E-state index is 0.107. The number of nitriles is 1. The number of carbonyl (C=O) groups excluding carboxylic acids is 1. The molecule has 1 aromatic rings. The Bertz CT molecular complexity index is 340. The predicted molar refractivity (Wildman–Crippen MR) is 60.5 cm³/mol. The van der Waals surface area contributed by atoms with Crippen LogP contribution >= 0.6 is 11.3 Å². The van der Waals surface area contributed by atoms with Gasteiger partial charge in [0.1, 0.15) is 0 Å². The largest absolute Gasteiger partial charge is 0.342 e. The van der Waals surface area contributed by atoms with Crippen molar-refractivity contribution in [2.75, 3.05) is 13.1 Å². The highest BCUT2D eigenvalue weighted by atomic mass is 32.1. The van der Waals surface area contributed by atoms with E-state index in [4.69, 9.17) is 5.26 Å². The summed E-state index contributed by atoms with van der Waals surface area (Å²) in [6, 6.07) is 5.96. The highest BCUT2D eigenvalue weighted by Crippen LogP contribution is 2.10. The molecule has 15 heavy (non-hydrogen) atoms. The van der Waals surface area contributed by atoms with Gasteiger partial charge >= 0.3 is 0 Å². The second-order valence-corrected chi connectivity index (χ2v) is 4.17. The molecule has 0 aliphatic carbocycles. The fourth-order valence-corrected chi connectivity index (χ4v) is 2.01. The average Bonchev–Trinajstić information content (AvgIpc) is 2.71. The van der Waals surface area contributed by atoms with E-state index in [1.165, 1.54) is 0 Å². The second kappa shape index (κ2) is 6.20.